The minimum absolute atomic E-state index is 0.0722. The van der Waals surface area contributed by atoms with Crippen LogP contribution in [-0.4, -0.2) is 20.7 Å². The van der Waals surface area contributed by atoms with Gasteiger partial charge in [-0.3, -0.25) is 9.78 Å². The summed E-state index contributed by atoms with van der Waals surface area (Å²) in [6, 6.07) is 13.5. The number of rotatable bonds is 7. The summed E-state index contributed by atoms with van der Waals surface area (Å²) < 4.78 is 7.57. The van der Waals surface area contributed by atoms with Gasteiger partial charge in [0.1, 0.15) is 17.3 Å². The fourth-order valence-electron chi connectivity index (χ4n) is 2.73. The first-order chi connectivity index (χ1) is 13.3. The van der Waals surface area contributed by atoms with Gasteiger partial charge >= 0.3 is 0 Å². The Kier molecular flexibility index (Phi) is 5.11. The lowest BCUT2D eigenvalue weighted by Gasteiger charge is -2.08. The molecule has 0 saturated heterocycles. The van der Waals surface area contributed by atoms with Crippen LogP contribution in [-0.2, 0) is 17.8 Å². The van der Waals surface area contributed by atoms with Crippen LogP contribution in [0.2, 0.25) is 0 Å². The Morgan fingerprint density at radius 1 is 1.15 bits per heavy atom. The third-order valence-corrected chi connectivity index (χ3v) is 4.95. The lowest BCUT2D eigenvalue weighted by molar-refractivity contribution is -0.116. The molecule has 0 aliphatic rings. The predicted molar refractivity (Wildman–Crippen MR) is 105 cm³/mol. The van der Waals surface area contributed by atoms with Crippen LogP contribution in [0, 0.1) is 0 Å². The zero-order valence-corrected chi connectivity index (χ0v) is 15.4. The minimum atomic E-state index is -0.0722. The van der Waals surface area contributed by atoms with Gasteiger partial charge in [0.25, 0.3) is 0 Å². The summed E-state index contributed by atoms with van der Waals surface area (Å²) in [6.07, 6.45) is 6.08. The second kappa shape index (κ2) is 8.01. The average Bonchev–Trinajstić information content (AvgIpc) is 3.43. The van der Waals surface area contributed by atoms with E-state index in [1.807, 2.05) is 41.8 Å². The lowest BCUT2D eigenvalue weighted by Crippen LogP contribution is -2.16. The molecule has 4 aromatic rings. The molecule has 1 N–H and O–H groups in total. The molecule has 0 aliphatic carbocycles. The number of carbonyl (C=O) groups excluding carboxylic acids is 1. The number of anilines is 1. The molecule has 0 unspecified atom stereocenters. The van der Waals surface area contributed by atoms with Crippen molar-refractivity contribution < 1.29 is 9.21 Å². The molecule has 7 heteroatoms. The first-order valence-electron chi connectivity index (χ1n) is 8.61. The number of furan rings is 1. The Morgan fingerprint density at radius 3 is 2.93 bits per heavy atom. The maximum Gasteiger partial charge on any atom is 0.225 e. The van der Waals surface area contributed by atoms with E-state index in [2.05, 4.69) is 15.4 Å². The Balaban J connectivity index is 1.33. The van der Waals surface area contributed by atoms with Crippen molar-refractivity contribution in [3.63, 3.8) is 0 Å². The predicted octanol–water partition coefficient (Wildman–Crippen LogP) is 4.22. The number of nitrogens with one attached hydrogen (secondary N) is 1. The van der Waals surface area contributed by atoms with Crippen LogP contribution < -0.4 is 5.32 Å². The standard InChI is InChI=1S/C20H18N4O2S/c25-20(8-6-16-5-7-17(26-16)18-4-2-12-27-18)23-19-9-11-22-24(19)14-15-3-1-10-21-13-15/h1-5,7,9-13H,6,8,14H2,(H,23,25). The molecule has 0 saturated carbocycles. The van der Waals surface area contributed by atoms with E-state index in [0.29, 0.717) is 25.2 Å². The Labute approximate surface area is 160 Å². The van der Waals surface area contributed by atoms with Crippen LogP contribution in [0.3, 0.4) is 0 Å². The molecule has 4 rings (SSSR count). The Morgan fingerprint density at radius 2 is 2.11 bits per heavy atom. The van der Waals surface area contributed by atoms with E-state index in [9.17, 15) is 4.79 Å². The van der Waals surface area contributed by atoms with Gasteiger partial charge in [-0.2, -0.15) is 5.10 Å². The van der Waals surface area contributed by atoms with Crippen molar-refractivity contribution in [2.24, 2.45) is 0 Å². The number of aromatic nitrogens is 3. The van der Waals surface area contributed by atoms with Crippen molar-refractivity contribution in [1.29, 1.82) is 0 Å². The summed E-state index contributed by atoms with van der Waals surface area (Å²) in [5.74, 6) is 2.24. The molecule has 4 heterocycles. The van der Waals surface area contributed by atoms with E-state index < -0.39 is 0 Å². The van der Waals surface area contributed by atoms with Crippen molar-refractivity contribution >= 4 is 23.1 Å². The van der Waals surface area contributed by atoms with E-state index in [1.165, 1.54) is 0 Å². The Bertz CT molecular complexity index is 1010. The van der Waals surface area contributed by atoms with Gasteiger partial charge in [0, 0.05) is 31.3 Å². The molecule has 136 valence electrons. The number of amides is 1. The van der Waals surface area contributed by atoms with Gasteiger partial charge in [0.05, 0.1) is 17.6 Å². The zero-order valence-electron chi connectivity index (χ0n) is 14.5. The van der Waals surface area contributed by atoms with Crippen molar-refractivity contribution in [2.45, 2.75) is 19.4 Å². The number of thiophene rings is 1. The van der Waals surface area contributed by atoms with Crippen LogP contribution in [0.15, 0.2) is 70.9 Å². The van der Waals surface area contributed by atoms with Gasteiger partial charge in [-0.05, 0) is 35.2 Å². The number of pyridine rings is 1. The van der Waals surface area contributed by atoms with Crippen LogP contribution in [0.25, 0.3) is 10.6 Å². The monoisotopic (exact) mass is 378 g/mol. The van der Waals surface area contributed by atoms with Crippen molar-refractivity contribution in [2.75, 3.05) is 5.32 Å². The van der Waals surface area contributed by atoms with Crippen LogP contribution in [0.1, 0.15) is 17.7 Å². The van der Waals surface area contributed by atoms with Gasteiger partial charge in [0.15, 0.2) is 0 Å². The van der Waals surface area contributed by atoms with E-state index in [-0.39, 0.29) is 5.91 Å². The SMILES string of the molecule is O=C(CCc1ccc(-c2cccs2)o1)Nc1ccnn1Cc1cccnc1. The summed E-state index contributed by atoms with van der Waals surface area (Å²) in [5.41, 5.74) is 1.02. The second-order valence-electron chi connectivity index (χ2n) is 6.03. The number of hydrogen-bond donors (Lipinski definition) is 1. The van der Waals surface area contributed by atoms with E-state index in [0.717, 1.165) is 22.0 Å². The van der Waals surface area contributed by atoms with Crippen LogP contribution >= 0.6 is 11.3 Å². The van der Waals surface area contributed by atoms with Crippen LogP contribution in [0.4, 0.5) is 5.82 Å². The third kappa shape index (κ3) is 4.32. The molecule has 0 atom stereocenters. The maximum absolute atomic E-state index is 12.3. The molecule has 0 bridgehead atoms. The van der Waals surface area contributed by atoms with E-state index in [1.54, 1.807) is 40.7 Å². The molecular formula is C20H18N4O2S. The smallest absolute Gasteiger partial charge is 0.225 e. The number of hydrogen-bond acceptors (Lipinski definition) is 5. The van der Waals surface area contributed by atoms with Gasteiger partial charge < -0.3 is 9.73 Å². The quantitative estimate of drug-likeness (QED) is 0.523. The molecular weight excluding hydrogens is 360 g/mol. The third-order valence-electron chi connectivity index (χ3n) is 4.06. The summed E-state index contributed by atoms with van der Waals surface area (Å²) in [6.45, 7) is 0.554. The molecule has 0 radical (unpaired) electrons. The lowest BCUT2D eigenvalue weighted by atomic mass is 10.2. The summed E-state index contributed by atoms with van der Waals surface area (Å²) >= 11 is 1.63. The van der Waals surface area contributed by atoms with E-state index in [4.69, 9.17) is 4.42 Å². The molecule has 0 aromatic carbocycles. The number of carbonyl (C=O) groups is 1. The van der Waals surface area contributed by atoms with E-state index >= 15 is 0 Å². The number of aryl methyl sites for hydroxylation is 1. The van der Waals surface area contributed by atoms with Gasteiger partial charge in [-0.15, -0.1) is 11.3 Å². The van der Waals surface area contributed by atoms with Crippen molar-refractivity contribution in [3.05, 3.63) is 77.8 Å². The van der Waals surface area contributed by atoms with Crippen molar-refractivity contribution in [1.82, 2.24) is 14.8 Å². The van der Waals surface area contributed by atoms with Gasteiger partial charge in [-0.1, -0.05) is 12.1 Å². The van der Waals surface area contributed by atoms with Gasteiger partial charge in [0.2, 0.25) is 5.91 Å². The highest BCUT2D eigenvalue weighted by atomic mass is 32.1. The topological polar surface area (TPSA) is 73.0 Å². The van der Waals surface area contributed by atoms with Crippen LogP contribution in [0.5, 0.6) is 0 Å². The summed E-state index contributed by atoms with van der Waals surface area (Å²) in [7, 11) is 0. The first-order valence-corrected chi connectivity index (χ1v) is 9.49. The highest BCUT2D eigenvalue weighted by Crippen LogP contribution is 2.27. The Hall–Kier alpha value is -3.19. The summed E-state index contributed by atoms with van der Waals surface area (Å²) in [5, 5.41) is 9.20. The summed E-state index contributed by atoms with van der Waals surface area (Å²) in [4.78, 5) is 17.5. The highest BCUT2D eigenvalue weighted by Gasteiger charge is 2.11. The highest BCUT2D eigenvalue weighted by molar-refractivity contribution is 7.13. The molecule has 0 aliphatic heterocycles. The molecule has 4 aromatic heterocycles. The first kappa shape index (κ1) is 17.2. The molecule has 1 amide bonds. The van der Waals surface area contributed by atoms with Gasteiger partial charge in [-0.25, -0.2) is 4.68 Å². The minimum Gasteiger partial charge on any atom is -0.460 e. The molecule has 0 spiro atoms. The number of nitrogens with zero attached hydrogens (tertiary/aromatic N) is 3. The molecule has 0 fully saturated rings. The van der Waals surface area contributed by atoms with Crippen molar-refractivity contribution in [3.8, 4) is 10.6 Å². The normalized spacial score (nSPS) is 10.8. The fraction of sp³-hybridized carbons (Fsp3) is 0.150. The fourth-order valence-corrected chi connectivity index (χ4v) is 3.42. The average molecular weight is 378 g/mol. The molecule has 27 heavy (non-hydrogen) atoms. The maximum atomic E-state index is 12.3. The largest absolute Gasteiger partial charge is 0.460 e. The zero-order chi connectivity index (χ0) is 18.5. The second-order valence-corrected chi connectivity index (χ2v) is 6.97. The molecule has 6 nitrogen and oxygen atoms in total.